The molecule has 0 radical (unpaired) electrons. The van der Waals surface area contributed by atoms with Crippen molar-refractivity contribution in [3.05, 3.63) is 0 Å². The van der Waals surface area contributed by atoms with Gasteiger partial charge in [0.25, 0.3) is 0 Å². The van der Waals surface area contributed by atoms with Crippen LogP contribution in [0, 0.1) is 5.92 Å². The van der Waals surface area contributed by atoms with Gasteiger partial charge in [0.15, 0.2) is 0 Å². The fourth-order valence-electron chi connectivity index (χ4n) is 4.29. The van der Waals surface area contributed by atoms with Crippen molar-refractivity contribution in [1.82, 2.24) is 0 Å². The van der Waals surface area contributed by atoms with Gasteiger partial charge in [-0.2, -0.15) is 0 Å². The molecule has 0 amide bonds. The average Bonchev–Trinajstić information content (AvgIpc) is 2.62. The molecule has 0 aromatic carbocycles. The van der Waals surface area contributed by atoms with E-state index in [1.54, 1.807) is 0 Å². The van der Waals surface area contributed by atoms with Crippen LogP contribution in [0.25, 0.3) is 0 Å². The van der Waals surface area contributed by atoms with Gasteiger partial charge in [0.1, 0.15) is 6.17 Å². The molecule has 1 fully saturated rings. The molecule has 154 valence electrons. The molecule has 1 aliphatic carbocycles. The molecule has 0 spiro atoms. The Bertz CT molecular complexity index is 332. The summed E-state index contributed by atoms with van der Waals surface area (Å²) in [4.78, 5) is 10.6. The van der Waals surface area contributed by atoms with Crippen molar-refractivity contribution in [1.29, 1.82) is 0 Å². The van der Waals surface area contributed by atoms with Crippen LogP contribution in [0.4, 0.5) is 4.39 Å². The van der Waals surface area contributed by atoms with E-state index in [0.717, 1.165) is 44.9 Å². The summed E-state index contributed by atoms with van der Waals surface area (Å²) in [7, 11) is 0. The van der Waals surface area contributed by atoms with E-state index in [2.05, 4.69) is 0 Å². The van der Waals surface area contributed by atoms with Gasteiger partial charge in [-0.05, 0) is 31.6 Å². The minimum Gasteiger partial charge on any atom is -0.481 e. The van der Waals surface area contributed by atoms with Crippen molar-refractivity contribution in [3.63, 3.8) is 0 Å². The Morgan fingerprint density at radius 3 is 1.65 bits per heavy atom. The fraction of sp³-hybridized carbons (Fsp3) is 0.957. The van der Waals surface area contributed by atoms with Crippen molar-refractivity contribution in [3.8, 4) is 0 Å². The van der Waals surface area contributed by atoms with Crippen molar-refractivity contribution < 1.29 is 14.3 Å². The third-order valence-electron chi connectivity index (χ3n) is 6.03. The Hall–Kier alpha value is -0.600. The van der Waals surface area contributed by atoms with Crippen LogP contribution in [0.1, 0.15) is 128 Å². The summed E-state index contributed by atoms with van der Waals surface area (Å²) < 4.78 is 14.8. The number of aliphatic carboxylic acids is 1. The third-order valence-corrected chi connectivity index (χ3v) is 6.03. The molecule has 0 heterocycles. The molecular weight excluding hydrogens is 327 g/mol. The molecular formula is C23H43FO2. The maximum atomic E-state index is 14.8. The Morgan fingerprint density at radius 2 is 1.15 bits per heavy atom. The number of carboxylic acid groups (broad SMARTS) is 1. The molecule has 2 atom stereocenters. The summed E-state index contributed by atoms with van der Waals surface area (Å²) in [5.41, 5.74) is 0. The third kappa shape index (κ3) is 13.6. The van der Waals surface area contributed by atoms with E-state index < -0.39 is 12.1 Å². The summed E-state index contributed by atoms with van der Waals surface area (Å²) in [5.74, 6) is -0.510. The van der Waals surface area contributed by atoms with Gasteiger partial charge in [-0.15, -0.1) is 0 Å². The lowest BCUT2D eigenvalue weighted by Crippen LogP contribution is -2.16. The van der Waals surface area contributed by atoms with Gasteiger partial charge in [0, 0.05) is 6.42 Å². The summed E-state index contributed by atoms with van der Waals surface area (Å²) in [6.45, 7) is 0. The summed E-state index contributed by atoms with van der Waals surface area (Å²) in [5, 5.41) is 8.72. The standard InChI is InChI=1S/C23H43FO2/c24-22-19-15-11-9-7-5-3-1-2-4-6-8-10-13-17-21(22)18-14-12-16-20-23(25)26/h21-22H,1-20H2,(H,25,26). The number of hydrogen-bond acceptors (Lipinski definition) is 1. The monoisotopic (exact) mass is 370 g/mol. The molecule has 1 saturated carbocycles. The molecule has 0 bridgehead atoms. The highest BCUT2D eigenvalue weighted by atomic mass is 19.1. The molecule has 0 aliphatic heterocycles. The van der Waals surface area contributed by atoms with Crippen molar-refractivity contribution >= 4 is 5.97 Å². The quantitative estimate of drug-likeness (QED) is 0.483. The van der Waals surface area contributed by atoms with Crippen molar-refractivity contribution in [2.45, 2.75) is 135 Å². The van der Waals surface area contributed by atoms with Gasteiger partial charge >= 0.3 is 5.97 Å². The lowest BCUT2D eigenvalue weighted by molar-refractivity contribution is -0.137. The molecule has 0 aromatic heterocycles. The van der Waals surface area contributed by atoms with E-state index in [1.165, 1.54) is 77.0 Å². The summed E-state index contributed by atoms with van der Waals surface area (Å²) >= 11 is 0. The van der Waals surface area contributed by atoms with E-state index >= 15 is 0 Å². The number of rotatable bonds is 6. The number of halogens is 1. The van der Waals surface area contributed by atoms with Crippen LogP contribution in [0.2, 0.25) is 0 Å². The van der Waals surface area contributed by atoms with Crippen LogP contribution in [0.5, 0.6) is 0 Å². The van der Waals surface area contributed by atoms with E-state index in [-0.39, 0.29) is 12.3 Å². The first-order valence-electron chi connectivity index (χ1n) is 11.6. The zero-order valence-corrected chi connectivity index (χ0v) is 17.0. The molecule has 2 unspecified atom stereocenters. The lowest BCUT2D eigenvalue weighted by atomic mass is 9.88. The van der Waals surface area contributed by atoms with Crippen LogP contribution in [-0.2, 0) is 4.79 Å². The maximum absolute atomic E-state index is 14.8. The van der Waals surface area contributed by atoms with Gasteiger partial charge in [-0.3, -0.25) is 4.79 Å². The topological polar surface area (TPSA) is 37.3 Å². The van der Waals surface area contributed by atoms with E-state index in [4.69, 9.17) is 5.11 Å². The van der Waals surface area contributed by atoms with Gasteiger partial charge in [0.05, 0.1) is 0 Å². The van der Waals surface area contributed by atoms with Gasteiger partial charge in [-0.25, -0.2) is 4.39 Å². The molecule has 0 aromatic rings. The van der Waals surface area contributed by atoms with Crippen molar-refractivity contribution in [2.75, 3.05) is 0 Å². The first-order chi connectivity index (χ1) is 12.7. The number of carbonyl (C=O) groups is 1. The van der Waals surface area contributed by atoms with Crippen LogP contribution in [-0.4, -0.2) is 17.2 Å². The van der Waals surface area contributed by atoms with Crippen LogP contribution >= 0.6 is 0 Å². The minimum absolute atomic E-state index is 0.204. The Morgan fingerprint density at radius 1 is 0.692 bits per heavy atom. The second-order valence-corrected chi connectivity index (χ2v) is 8.44. The molecule has 3 heteroatoms. The highest BCUT2D eigenvalue weighted by molar-refractivity contribution is 5.66. The predicted molar refractivity (Wildman–Crippen MR) is 108 cm³/mol. The largest absolute Gasteiger partial charge is 0.481 e. The molecule has 1 N–H and O–H groups in total. The Labute approximate surface area is 161 Å². The number of carboxylic acids is 1. The van der Waals surface area contributed by atoms with E-state index in [0.29, 0.717) is 0 Å². The fourth-order valence-corrected chi connectivity index (χ4v) is 4.29. The second kappa shape index (κ2) is 16.6. The first-order valence-corrected chi connectivity index (χ1v) is 11.6. The highest BCUT2D eigenvalue weighted by Gasteiger charge is 2.20. The molecule has 26 heavy (non-hydrogen) atoms. The first kappa shape index (κ1) is 23.4. The van der Waals surface area contributed by atoms with Gasteiger partial charge in [-0.1, -0.05) is 96.3 Å². The number of alkyl halides is 1. The smallest absolute Gasteiger partial charge is 0.303 e. The predicted octanol–water partition coefficient (Wildman–Crippen LogP) is 7.84. The maximum Gasteiger partial charge on any atom is 0.303 e. The molecule has 2 nitrogen and oxygen atoms in total. The lowest BCUT2D eigenvalue weighted by Gasteiger charge is -2.21. The minimum atomic E-state index is -0.714. The second-order valence-electron chi connectivity index (χ2n) is 8.44. The molecule has 0 saturated heterocycles. The normalized spacial score (nSPS) is 25.4. The Kier molecular flexibility index (Phi) is 14.9. The number of hydrogen-bond donors (Lipinski definition) is 1. The highest BCUT2D eigenvalue weighted by Crippen LogP contribution is 2.27. The Balaban J connectivity index is 2.33. The SMILES string of the molecule is O=C(O)CCCCCC1CCCCCCCCCCCCCCCC1F. The summed E-state index contributed by atoms with van der Waals surface area (Å²) in [6, 6.07) is 0. The zero-order valence-electron chi connectivity index (χ0n) is 17.0. The van der Waals surface area contributed by atoms with Crippen molar-refractivity contribution in [2.24, 2.45) is 5.92 Å². The van der Waals surface area contributed by atoms with Gasteiger partial charge < -0.3 is 5.11 Å². The van der Waals surface area contributed by atoms with Crippen LogP contribution < -0.4 is 0 Å². The number of unbranched alkanes of at least 4 members (excludes halogenated alkanes) is 2. The van der Waals surface area contributed by atoms with Crippen LogP contribution in [0.3, 0.4) is 0 Å². The zero-order chi connectivity index (χ0) is 18.9. The average molecular weight is 371 g/mol. The van der Waals surface area contributed by atoms with Crippen LogP contribution in [0.15, 0.2) is 0 Å². The molecule has 1 aliphatic rings. The van der Waals surface area contributed by atoms with E-state index in [1.807, 2.05) is 0 Å². The van der Waals surface area contributed by atoms with E-state index in [9.17, 15) is 9.18 Å². The molecule has 1 rings (SSSR count). The summed E-state index contributed by atoms with van der Waals surface area (Å²) in [6.07, 6.45) is 21.8. The van der Waals surface area contributed by atoms with Gasteiger partial charge in [0.2, 0.25) is 0 Å².